The van der Waals surface area contributed by atoms with E-state index in [2.05, 4.69) is 40.0 Å². The van der Waals surface area contributed by atoms with Gasteiger partial charge in [-0.25, -0.2) is 0 Å². The Morgan fingerprint density at radius 3 is 2.68 bits per heavy atom. The maximum Gasteiger partial charge on any atom is 0.224 e. The molecule has 2 aromatic rings. The number of para-hydroxylation sites is 1. The van der Waals surface area contributed by atoms with E-state index >= 15 is 0 Å². The molecule has 0 bridgehead atoms. The molecule has 0 spiro atoms. The topological polar surface area (TPSA) is 52.0 Å². The van der Waals surface area contributed by atoms with Gasteiger partial charge in [0, 0.05) is 25.1 Å². The van der Waals surface area contributed by atoms with E-state index in [0.29, 0.717) is 0 Å². The maximum absolute atomic E-state index is 5.37. The third kappa shape index (κ3) is 2.86. The normalized spacial score (nSPS) is 10.5. The second-order valence-electron chi connectivity index (χ2n) is 4.20. The number of anilines is 1. The summed E-state index contributed by atoms with van der Waals surface area (Å²) in [5.41, 5.74) is 1.12. The van der Waals surface area contributed by atoms with Gasteiger partial charge in [0.25, 0.3) is 0 Å². The van der Waals surface area contributed by atoms with Crippen LogP contribution in [0.4, 0.5) is 5.95 Å². The van der Waals surface area contributed by atoms with E-state index in [9.17, 15) is 0 Å². The highest BCUT2D eigenvalue weighted by molar-refractivity contribution is 5.36. The molecular weight excluding hydrogens is 240 g/mol. The standard InChI is InChI=1S/C14H20N4O/c1-4-15-14-17-16-13(18(14)5-2)10-11-8-6-7-9-12(11)19-3/h6-9H,4-5,10H2,1-3H3,(H,15,17). The fourth-order valence-corrected chi connectivity index (χ4v) is 2.11. The van der Waals surface area contributed by atoms with Crippen molar-refractivity contribution in [2.45, 2.75) is 26.8 Å². The van der Waals surface area contributed by atoms with Gasteiger partial charge in [-0.3, -0.25) is 4.57 Å². The summed E-state index contributed by atoms with van der Waals surface area (Å²) < 4.78 is 7.47. The molecule has 0 saturated carbocycles. The summed E-state index contributed by atoms with van der Waals surface area (Å²) in [4.78, 5) is 0. The largest absolute Gasteiger partial charge is 0.496 e. The first-order valence-electron chi connectivity index (χ1n) is 6.58. The lowest BCUT2D eigenvalue weighted by atomic mass is 10.1. The summed E-state index contributed by atoms with van der Waals surface area (Å²) in [6.45, 7) is 5.83. The molecule has 0 saturated heterocycles. The van der Waals surface area contributed by atoms with Gasteiger partial charge in [-0.2, -0.15) is 0 Å². The molecule has 0 atom stereocenters. The molecule has 0 amide bonds. The fraction of sp³-hybridized carbons (Fsp3) is 0.429. The van der Waals surface area contributed by atoms with Crippen molar-refractivity contribution < 1.29 is 4.74 Å². The Labute approximate surface area is 113 Å². The average Bonchev–Trinajstić information content (AvgIpc) is 2.82. The Morgan fingerprint density at radius 1 is 1.21 bits per heavy atom. The van der Waals surface area contributed by atoms with E-state index in [1.165, 1.54) is 0 Å². The van der Waals surface area contributed by atoms with Crippen molar-refractivity contribution in [2.75, 3.05) is 19.0 Å². The van der Waals surface area contributed by atoms with Crippen LogP contribution < -0.4 is 10.1 Å². The molecule has 2 rings (SSSR count). The summed E-state index contributed by atoms with van der Waals surface area (Å²) >= 11 is 0. The van der Waals surface area contributed by atoms with Gasteiger partial charge in [-0.15, -0.1) is 10.2 Å². The van der Waals surface area contributed by atoms with Gasteiger partial charge in [0.1, 0.15) is 11.6 Å². The maximum atomic E-state index is 5.37. The van der Waals surface area contributed by atoms with Crippen molar-refractivity contribution in [1.29, 1.82) is 0 Å². The number of hydrogen-bond acceptors (Lipinski definition) is 4. The molecule has 102 valence electrons. The van der Waals surface area contributed by atoms with Crippen molar-refractivity contribution >= 4 is 5.95 Å². The van der Waals surface area contributed by atoms with Crippen molar-refractivity contribution in [3.05, 3.63) is 35.7 Å². The van der Waals surface area contributed by atoms with E-state index in [0.717, 1.165) is 42.6 Å². The van der Waals surface area contributed by atoms with Gasteiger partial charge < -0.3 is 10.1 Å². The van der Waals surface area contributed by atoms with Crippen LogP contribution in [0.2, 0.25) is 0 Å². The zero-order valence-electron chi connectivity index (χ0n) is 11.7. The summed E-state index contributed by atoms with van der Waals surface area (Å²) in [6, 6.07) is 8.00. The SMILES string of the molecule is CCNc1nnc(Cc2ccccc2OC)n1CC. The van der Waals surface area contributed by atoms with Crippen molar-refractivity contribution in [2.24, 2.45) is 0 Å². The minimum absolute atomic E-state index is 0.718. The predicted molar refractivity (Wildman–Crippen MR) is 75.7 cm³/mol. The van der Waals surface area contributed by atoms with Crippen LogP contribution in [0, 0.1) is 0 Å². The molecule has 1 N–H and O–H groups in total. The monoisotopic (exact) mass is 260 g/mol. The Balaban J connectivity index is 2.28. The molecular formula is C14H20N4O. The molecule has 1 heterocycles. The Hall–Kier alpha value is -2.04. The van der Waals surface area contributed by atoms with Crippen molar-refractivity contribution in [3.8, 4) is 5.75 Å². The van der Waals surface area contributed by atoms with Gasteiger partial charge in [0.15, 0.2) is 0 Å². The first-order chi connectivity index (χ1) is 9.30. The molecule has 0 fully saturated rings. The van der Waals surface area contributed by atoms with Crippen LogP contribution >= 0.6 is 0 Å². The highest BCUT2D eigenvalue weighted by Gasteiger charge is 2.12. The first kappa shape index (κ1) is 13.4. The van der Waals surface area contributed by atoms with E-state index in [4.69, 9.17) is 4.74 Å². The van der Waals surface area contributed by atoms with E-state index in [1.54, 1.807) is 7.11 Å². The van der Waals surface area contributed by atoms with Gasteiger partial charge in [0.05, 0.1) is 7.11 Å². The smallest absolute Gasteiger partial charge is 0.224 e. The van der Waals surface area contributed by atoms with Crippen LogP contribution in [-0.2, 0) is 13.0 Å². The molecule has 1 aromatic heterocycles. The second-order valence-corrected chi connectivity index (χ2v) is 4.20. The Bertz CT molecular complexity index is 536. The molecule has 5 heteroatoms. The molecule has 0 aliphatic carbocycles. The van der Waals surface area contributed by atoms with E-state index in [1.807, 2.05) is 18.2 Å². The highest BCUT2D eigenvalue weighted by Crippen LogP contribution is 2.21. The Morgan fingerprint density at radius 2 is 2.00 bits per heavy atom. The quantitative estimate of drug-likeness (QED) is 0.866. The van der Waals surface area contributed by atoms with Crippen LogP contribution in [0.3, 0.4) is 0 Å². The summed E-state index contributed by atoms with van der Waals surface area (Å²) in [7, 11) is 1.69. The number of benzene rings is 1. The average molecular weight is 260 g/mol. The number of nitrogens with one attached hydrogen (secondary N) is 1. The van der Waals surface area contributed by atoms with E-state index in [-0.39, 0.29) is 0 Å². The second kappa shape index (κ2) is 6.22. The number of ether oxygens (including phenoxy) is 1. The van der Waals surface area contributed by atoms with Crippen molar-refractivity contribution in [3.63, 3.8) is 0 Å². The van der Waals surface area contributed by atoms with Gasteiger partial charge in [-0.1, -0.05) is 18.2 Å². The molecule has 1 aromatic carbocycles. The van der Waals surface area contributed by atoms with Gasteiger partial charge >= 0.3 is 0 Å². The molecule has 0 radical (unpaired) electrons. The number of nitrogens with zero attached hydrogens (tertiary/aromatic N) is 3. The van der Waals surface area contributed by atoms with Crippen LogP contribution in [0.15, 0.2) is 24.3 Å². The van der Waals surface area contributed by atoms with Crippen LogP contribution in [-0.4, -0.2) is 28.4 Å². The summed E-state index contributed by atoms with van der Waals surface area (Å²) in [5, 5.41) is 11.7. The van der Waals surface area contributed by atoms with Crippen LogP contribution in [0.25, 0.3) is 0 Å². The lowest BCUT2D eigenvalue weighted by Gasteiger charge is -2.10. The molecule has 0 unspecified atom stereocenters. The zero-order valence-corrected chi connectivity index (χ0v) is 11.7. The van der Waals surface area contributed by atoms with Crippen LogP contribution in [0.1, 0.15) is 25.2 Å². The molecule has 5 nitrogen and oxygen atoms in total. The van der Waals surface area contributed by atoms with Crippen molar-refractivity contribution in [1.82, 2.24) is 14.8 Å². The zero-order chi connectivity index (χ0) is 13.7. The minimum Gasteiger partial charge on any atom is -0.496 e. The first-order valence-corrected chi connectivity index (χ1v) is 6.58. The lowest BCUT2D eigenvalue weighted by molar-refractivity contribution is 0.410. The minimum atomic E-state index is 0.718. The number of hydrogen-bond donors (Lipinski definition) is 1. The number of aromatic nitrogens is 3. The highest BCUT2D eigenvalue weighted by atomic mass is 16.5. The number of methoxy groups -OCH3 is 1. The third-order valence-corrected chi connectivity index (χ3v) is 3.02. The Kier molecular flexibility index (Phi) is 4.39. The molecule has 0 aliphatic rings. The summed E-state index contributed by atoms with van der Waals surface area (Å²) in [5.74, 6) is 2.66. The van der Waals surface area contributed by atoms with E-state index < -0.39 is 0 Å². The van der Waals surface area contributed by atoms with Gasteiger partial charge in [0.2, 0.25) is 5.95 Å². The lowest BCUT2D eigenvalue weighted by Crippen LogP contribution is -2.09. The molecule has 0 aliphatic heterocycles. The third-order valence-electron chi connectivity index (χ3n) is 3.02. The fourth-order valence-electron chi connectivity index (χ4n) is 2.11. The summed E-state index contributed by atoms with van der Waals surface area (Å²) in [6.07, 6.45) is 0.718. The van der Waals surface area contributed by atoms with Crippen LogP contribution in [0.5, 0.6) is 5.75 Å². The van der Waals surface area contributed by atoms with Gasteiger partial charge in [-0.05, 0) is 19.9 Å². The molecule has 19 heavy (non-hydrogen) atoms. The number of rotatable bonds is 6. The predicted octanol–water partition coefficient (Wildman–Crippen LogP) is 2.33.